The van der Waals surface area contributed by atoms with Crippen LogP contribution in [0.3, 0.4) is 0 Å². The van der Waals surface area contributed by atoms with E-state index in [4.69, 9.17) is 5.73 Å². The lowest BCUT2D eigenvalue weighted by Gasteiger charge is -2.19. The molecule has 2 heterocycles. The van der Waals surface area contributed by atoms with Crippen molar-refractivity contribution in [3.63, 3.8) is 0 Å². The molecule has 0 saturated heterocycles. The number of fused-ring (bicyclic) bond motifs is 1. The standard InChI is InChI=1S/C26H26N6O3/c1-16-20(17(2)32-25(29-16)21(15-28-32)24(27)34)13-14-22(33)31-23(18-9-5-3-6-10-18)26(35)30-19-11-7-4-8-12-19/h3-12,15,23H,13-14H2,1-2H3,(H2,27,34)(H,30,35)(H,31,33). The van der Waals surface area contributed by atoms with E-state index in [2.05, 4.69) is 20.7 Å². The Morgan fingerprint density at radius 1 is 1.00 bits per heavy atom. The van der Waals surface area contributed by atoms with E-state index in [0.717, 1.165) is 11.3 Å². The van der Waals surface area contributed by atoms with Crippen molar-refractivity contribution in [1.29, 1.82) is 0 Å². The number of hydrogen-bond donors (Lipinski definition) is 3. The summed E-state index contributed by atoms with van der Waals surface area (Å²) in [7, 11) is 0. The summed E-state index contributed by atoms with van der Waals surface area (Å²) >= 11 is 0. The van der Waals surface area contributed by atoms with E-state index in [0.29, 0.717) is 29.0 Å². The van der Waals surface area contributed by atoms with Gasteiger partial charge < -0.3 is 16.4 Å². The van der Waals surface area contributed by atoms with Gasteiger partial charge in [0.2, 0.25) is 5.91 Å². The molecule has 0 aliphatic rings. The summed E-state index contributed by atoms with van der Waals surface area (Å²) in [6.45, 7) is 3.67. The molecule has 0 spiro atoms. The Kier molecular flexibility index (Phi) is 6.86. The molecule has 0 radical (unpaired) electrons. The minimum atomic E-state index is -0.851. The third kappa shape index (κ3) is 5.19. The number of carbonyl (C=O) groups excluding carboxylic acids is 3. The number of amides is 3. The molecular weight excluding hydrogens is 444 g/mol. The van der Waals surface area contributed by atoms with Gasteiger partial charge in [0.05, 0.1) is 6.20 Å². The first-order valence-corrected chi connectivity index (χ1v) is 11.2. The van der Waals surface area contributed by atoms with Gasteiger partial charge in [-0.1, -0.05) is 48.5 Å². The van der Waals surface area contributed by atoms with Crippen molar-refractivity contribution in [2.24, 2.45) is 5.73 Å². The van der Waals surface area contributed by atoms with Crippen LogP contribution in [-0.4, -0.2) is 32.3 Å². The monoisotopic (exact) mass is 470 g/mol. The molecule has 4 N–H and O–H groups in total. The molecule has 0 saturated carbocycles. The summed E-state index contributed by atoms with van der Waals surface area (Å²) in [6, 6.07) is 17.3. The van der Waals surface area contributed by atoms with Crippen LogP contribution < -0.4 is 16.4 Å². The van der Waals surface area contributed by atoms with Crippen LogP contribution in [0, 0.1) is 13.8 Å². The van der Waals surface area contributed by atoms with Gasteiger partial charge in [-0.25, -0.2) is 9.50 Å². The lowest BCUT2D eigenvalue weighted by Crippen LogP contribution is -2.37. The Balaban J connectivity index is 1.51. The fourth-order valence-corrected chi connectivity index (χ4v) is 4.00. The highest BCUT2D eigenvalue weighted by atomic mass is 16.2. The molecule has 3 amide bonds. The molecule has 9 nitrogen and oxygen atoms in total. The van der Waals surface area contributed by atoms with Gasteiger partial charge in [0.15, 0.2) is 5.65 Å². The maximum Gasteiger partial charge on any atom is 0.254 e. The molecule has 35 heavy (non-hydrogen) atoms. The third-order valence-corrected chi connectivity index (χ3v) is 5.82. The lowest BCUT2D eigenvalue weighted by atomic mass is 10.0. The Labute approximate surface area is 202 Å². The van der Waals surface area contributed by atoms with E-state index in [1.807, 2.05) is 50.2 Å². The molecule has 1 unspecified atom stereocenters. The minimum Gasteiger partial charge on any atom is -0.365 e. The van der Waals surface area contributed by atoms with E-state index in [1.165, 1.54) is 6.20 Å². The van der Waals surface area contributed by atoms with E-state index < -0.39 is 11.9 Å². The van der Waals surface area contributed by atoms with Gasteiger partial charge in [-0.2, -0.15) is 5.10 Å². The van der Waals surface area contributed by atoms with Gasteiger partial charge in [0, 0.05) is 23.5 Å². The summed E-state index contributed by atoms with van der Waals surface area (Å²) in [5.41, 5.74) is 9.68. The van der Waals surface area contributed by atoms with Crippen LogP contribution in [0.4, 0.5) is 5.69 Å². The van der Waals surface area contributed by atoms with Crippen molar-refractivity contribution < 1.29 is 14.4 Å². The first-order chi connectivity index (χ1) is 16.8. The average Bonchev–Trinajstić information content (AvgIpc) is 3.28. The van der Waals surface area contributed by atoms with Crippen molar-refractivity contribution in [1.82, 2.24) is 19.9 Å². The second kappa shape index (κ2) is 10.2. The van der Waals surface area contributed by atoms with Gasteiger partial charge >= 0.3 is 0 Å². The summed E-state index contributed by atoms with van der Waals surface area (Å²) in [5, 5.41) is 9.94. The smallest absolute Gasteiger partial charge is 0.254 e. The first-order valence-electron chi connectivity index (χ1n) is 11.2. The van der Waals surface area contributed by atoms with Gasteiger partial charge in [0.25, 0.3) is 11.8 Å². The molecule has 9 heteroatoms. The highest BCUT2D eigenvalue weighted by Gasteiger charge is 2.23. The number of nitrogens with zero attached hydrogens (tertiary/aromatic N) is 3. The summed E-state index contributed by atoms with van der Waals surface area (Å²) in [5.74, 6) is -1.21. The number of aryl methyl sites for hydroxylation is 2. The zero-order chi connectivity index (χ0) is 24.9. The lowest BCUT2D eigenvalue weighted by molar-refractivity contribution is -0.126. The van der Waals surface area contributed by atoms with Crippen molar-refractivity contribution >= 4 is 29.1 Å². The second-order valence-electron chi connectivity index (χ2n) is 8.19. The summed E-state index contributed by atoms with van der Waals surface area (Å²) < 4.78 is 1.56. The molecule has 178 valence electrons. The fraction of sp³-hybridized carbons (Fsp3) is 0.192. The van der Waals surface area contributed by atoms with Gasteiger partial charge in [-0.3, -0.25) is 14.4 Å². The van der Waals surface area contributed by atoms with Gasteiger partial charge in [0.1, 0.15) is 11.6 Å². The fourth-order valence-electron chi connectivity index (χ4n) is 4.00. The molecule has 4 rings (SSSR count). The largest absolute Gasteiger partial charge is 0.365 e. The molecular formula is C26H26N6O3. The maximum atomic E-state index is 13.0. The van der Waals surface area contributed by atoms with Crippen molar-refractivity contribution in [2.45, 2.75) is 32.7 Å². The van der Waals surface area contributed by atoms with Crippen molar-refractivity contribution in [3.8, 4) is 0 Å². The predicted molar refractivity (Wildman–Crippen MR) is 132 cm³/mol. The molecule has 1 atom stereocenters. The van der Waals surface area contributed by atoms with Crippen LogP contribution in [0.15, 0.2) is 66.9 Å². The Hall–Kier alpha value is -4.53. The summed E-state index contributed by atoms with van der Waals surface area (Å²) in [4.78, 5) is 42.1. The molecule has 2 aromatic carbocycles. The van der Waals surface area contributed by atoms with Crippen LogP contribution in [-0.2, 0) is 16.0 Å². The molecule has 0 aliphatic carbocycles. The molecule has 0 bridgehead atoms. The Morgan fingerprint density at radius 2 is 1.66 bits per heavy atom. The number of anilines is 1. The van der Waals surface area contributed by atoms with Crippen LogP contribution in [0.25, 0.3) is 5.65 Å². The molecule has 0 fully saturated rings. The number of carbonyl (C=O) groups is 3. The van der Waals surface area contributed by atoms with Crippen LogP contribution in [0.1, 0.15) is 45.3 Å². The zero-order valence-corrected chi connectivity index (χ0v) is 19.5. The maximum absolute atomic E-state index is 13.0. The molecule has 0 aliphatic heterocycles. The SMILES string of the molecule is Cc1nc2c(C(N)=O)cnn2c(C)c1CCC(=O)NC(C(=O)Nc1ccccc1)c1ccccc1. The van der Waals surface area contributed by atoms with Crippen LogP contribution >= 0.6 is 0 Å². The highest BCUT2D eigenvalue weighted by Crippen LogP contribution is 2.20. The van der Waals surface area contributed by atoms with Gasteiger partial charge in [-0.15, -0.1) is 0 Å². The number of aromatic nitrogens is 3. The highest BCUT2D eigenvalue weighted by molar-refractivity contribution is 5.99. The van der Waals surface area contributed by atoms with E-state index in [9.17, 15) is 14.4 Å². The van der Waals surface area contributed by atoms with E-state index in [1.54, 1.807) is 28.8 Å². The average molecular weight is 471 g/mol. The number of nitrogens with two attached hydrogens (primary N) is 1. The zero-order valence-electron chi connectivity index (χ0n) is 19.5. The number of hydrogen-bond acceptors (Lipinski definition) is 5. The Morgan fingerprint density at radius 3 is 2.31 bits per heavy atom. The normalized spacial score (nSPS) is 11.7. The Bertz CT molecular complexity index is 1380. The predicted octanol–water partition coefficient (Wildman–Crippen LogP) is 2.87. The van der Waals surface area contributed by atoms with E-state index >= 15 is 0 Å². The number of primary amides is 1. The number of para-hydroxylation sites is 1. The number of benzene rings is 2. The third-order valence-electron chi connectivity index (χ3n) is 5.82. The van der Waals surface area contributed by atoms with Gasteiger partial charge in [-0.05, 0) is 43.5 Å². The van der Waals surface area contributed by atoms with Crippen molar-refractivity contribution in [2.75, 3.05) is 5.32 Å². The first kappa shape index (κ1) is 23.6. The quantitative estimate of drug-likeness (QED) is 0.364. The second-order valence-corrected chi connectivity index (χ2v) is 8.19. The van der Waals surface area contributed by atoms with Crippen LogP contribution in [0.2, 0.25) is 0 Å². The topological polar surface area (TPSA) is 131 Å². The van der Waals surface area contributed by atoms with Crippen molar-refractivity contribution in [3.05, 3.63) is 94.9 Å². The number of nitrogens with one attached hydrogen (secondary N) is 2. The molecule has 4 aromatic rings. The molecule has 2 aromatic heterocycles. The van der Waals surface area contributed by atoms with Crippen LogP contribution in [0.5, 0.6) is 0 Å². The summed E-state index contributed by atoms with van der Waals surface area (Å²) in [6.07, 6.45) is 1.92. The van der Waals surface area contributed by atoms with E-state index in [-0.39, 0.29) is 23.8 Å². The minimum absolute atomic E-state index is 0.140. The number of rotatable bonds is 8.